The van der Waals surface area contributed by atoms with Crippen molar-refractivity contribution in [3.63, 3.8) is 0 Å². The Kier molecular flexibility index (Phi) is 6.04. The average Bonchev–Trinajstić information content (AvgIpc) is 3.20. The molecule has 0 fully saturated rings. The highest BCUT2D eigenvalue weighted by atomic mass is 16.1. The maximum absolute atomic E-state index is 10.9. The second-order valence-corrected chi connectivity index (χ2v) is 11.8. The molecular weight excluding hydrogens is 450 g/mol. The molecule has 0 aliphatic heterocycles. The molecule has 1 heterocycles. The molecule has 5 aromatic rings. The summed E-state index contributed by atoms with van der Waals surface area (Å²) < 4.78 is 2.36. The molecule has 0 N–H and O–H groups in total. The van der Waals surface area contributed by atoms with E-state index in [0.717, 1.165) is 23.1 Å². The number of hydrogen-bond acceptors (Lipinski definition) is 1. The average molecular weight is 484 g/mol. The first-order valence-electron chi connectivity index (χ1n) is 12.8. The smallest absolute Gasteiger partial charge is 0.150 e. The number of aldehydes is 1. The van der Waals surface area contributed by atoms with Gasteiger partial charge in [-0.05, 0) is 82.6 Å². The number of nitrogens with zero attached hydrogens (tertiary/aromatic N) is 1. The van der Waals surface area contributed by atoms with Crippen molar-refractivity contribution in [2.75, 3.05) is 0 Å². The summed E-state index contributed by atoms with van der Waals surface area (Å²) in [6.07, 6.45) is 0.846. The molecule has 0 radical (unpaired) electrons. The van der Waals surface area contributed by atoms with E-state index in [-0.39, 0.29) is 10.8 Å². The van der Waals surface area contributed by atoms with Gasteiger partial charge in [0, 0.05) is 33.2 Å². The van der Waals surface area contributed by atoms with Crippen molar-refractivity contribution in [3.05, 3.63) is 113 Å². The molecule has 0 unspecified atom stereocenters. The van der Waals surface area contributed by atoms with Crippen molar-refractivity contribution in [2.45, 2.75) is 52.4 Å². The van der Waals surface area contributed by atoms with Crippen LogP contribution in [0.15, 0.2) is 84.9 Å². The number of rotatable bonds is 2. The van der Waals surface area contributed by atoms with E-state index in [1.165, 1.54) is 32.9 Å². The Morgan fingerprint density at radius 1 is 0.595 bits per heavy atom. The molecule has 2 nitrogen and oxygen atoms in total. The molecule has 0 aliphatic carbocycles. The third kappa shape index (κ3) is 4.83. The van der Waals surface area contributed by atoms with Crippen molar-refractivity contribution in [1.82, 2.24) is 4.57 Å². The minimum Gasteiger partial charge on any atom is -0.309 e. The van der Waals surface area contributed by atoms with Gasteiger partial charge in [-0.3, -0.25) is 4.79 Å². The first-order valence-corrected chi connectivity index (χ1v) is 12.8. The van der Waals surface area contributed by atoms with Crippen LogP contribution < -0.4 is 0 Å². The van der Waals surface area contributed by atoms with Gasteiger partial charge in [0.15, 0.2) is 0 Å². The predicted molar refractivity (Wildman–Crippen MR) is 156 cm³/mol. The Morgan fingerprint density at radius 3 is 1.43 bits per heavy atom. The fourth-order valence-corrected chi connectivity index (χ4v) is 4.72. The van der Waals surface area contributed by atoms with Crippen LogP contribution >= 0.6 is 0 Å². The van der Waals surface area contributed by atoms with Crippen LogP contribution in [0, 0.1) is 11.8 Å². The van der Waals surface area contributed by atoms with Crippen molar-refractivity contribution in [1.29, 1.82) is 0 Å². The molecule has 0 bridgehead atoms. The number of fused-ring (bicyclic) bond motifs is 3. The fourth-order valence-electron chi connectivity index (χ4n) is 4.72. The number of aromatic nitrogens is 1. The van der Waals surface area contributed by atoms with E-state index >= 15 is 0 Å². The Morgan fingerprint density at radius 2 is 1.03 bits per heavy atom. The first-order chi connectivity index (χ1) is 17.5. The molecule has 4 aromatic carbocycles. The molecule has 37 heavy (non-hydrogen) atoms. The lowest BCUT2D eigenvalue weighted by Crippen LogP contribution is -2.10. The van der Waals surface area contributed by atoms with E-state index in [1.807, 2.05) is 12.1 Å². The maximum Gasteiger partial charge on any atom is 0.150 e. The summed E-state index contributed by atoms with van der Waals surface area (Å²) in [6.45, 7) is 13.6. The Balaban J connectivity index is 1.62. The largest absolute Gasteiger partial charge is 0.309 e. The summed E-state index contributed by atoms with van der Waals surface area (Å²) in [4.78, 5) is 10.9. The van der Waals surface area contributed by atoms with Gasteiger partial charge in [0.1, 0.15) is 6.29 Å². The summed E-state index contributed by atoms with van der Waals surface area (Å²) in [6, 6.07) is 29.6. The number of carbonyl (C=O) groups excluding carboxylic acids is 1. The lowest BCUT2D eigenvalue weighted by molar-refractivity contribution is 0.112. The molecule has 0 amide bonds. The molecule has 0 atom stereocenters. The highest BCUT2D eigenvalue weighted by molar-refractivity contribution is 6.09. The monoisotopic (exact) mass is 483 g/mol. The van der Waals surface area contributed by atoms with Crippen LogP contribution in [0.4, 0.5) is 0 Å². The van der Waals surface area contributed by atoms with Crippen LogP contribution in [-0.2, 0) is 10.8 Å². The second-order valence-electron chi connectivity index (χ2n) is 11.8. The normalized spacial score (nSPS) is 11.9. The minimum absolute atomic E-state index is 0.0815. The fraction of sp³-hybridized carbons (Fsp3) is 0.229. The zero-order valence-electron chi connectivity index (χ0n) is 22.5. The van der Waals surface area contributed by atoms with Gasteiger partial charge in [-0.1, -0.05) is 77.6 Å². The summed E-state index contributed by atoms with van der Waals surface area (Å²) in [5.41, 5.74) is 8.88. The predicted octanol–water partition coefficient (Wildman–Crippen LogP) is 8.59. The van der Waals surface area contributed by atoms with Crippen LogP contribution in [-0.4, -0.2) is 10.9 Å². The van der Waals surface area contributed by atoms with Gasteiger partial charge in [-0.2, -0.15) is 0 Å². The van der Waals surface area contributed by atoms with E-state index in [9.17, 15) is 4.79 Å². The van der Waals surface area contributed by atoms with E-state index < -0.39 is 0 Å². The Hall–Kier alpha value is -4.09. The maximum atomic E-state index is 10.9. The zero-order chi connectivity index (χ0) is 26.4. The molecule has 0 saturated carbocycles. The summed E-state index contributed by atoms with van der Waals surface area (Å²) >= 11 is 0. The van der Waals surface area contributed by atoms with Crippen LogP contribution in [0.5, 0.6) is 0 Å². The lowest BCUT2D eigenvalue weighted by Gasteiger charge is -2.19. The van der Waals surface area contributed by atoms with Crippen molar-refractivity contribution in [3.8, 4) is 17.5 Å². The van der Waals surface area contributed by atoms with Gasteiger partial charge in [-0.15, -0.1) is 0 Å². The van der Waals surface area contributed by atoms with Crippen LogP contribution in [0.25, 0.3) is 27.5 Å². The molecule has 0 spiro atoms. The van der Waals surface area contributed by atoms with Gasteiger partial charge in [0.05, 0.1) is 11.0 Å². The van der Waals surface area contributed by atoms with E-state index in [1.54, 1.807) is 12.1 Å². The van der Waals surface area contributed by atoms with Crippen LogP contribution in [0.3, 0.4) is 0 Å². The van der Waals surface area contributed by atoms with Gasteiger partial charge in [-0.25, -0.2) is 0 Å². The summed E-state index contributed by atoms with van der Waals surface area (Å²) in [5, 5.41) is 2.58. The highest BCUT2D eigenvalue weighted by Gasteiger charge is 2.20. The molecular formula is C35H33NO. The highest BCUT2D eigenvalue weighted by Crippen LogP contribution is 2.37. The Bertz CT molecular complexity index is 1600. The number of benzene rings is 4. The zero-order valence-corrected chi connectivity index (χ0v) is 22.5. The summed E-state index contributed by atoms with van der Waals surface area (Å²) in [7, 11) is 0. The van der Waals surface area contributed by atoms with E-state index in [0.29, 0.717) is 5.56 Å². The quantitative estimate of drug-likeness (QED) is 0.182. The SMILES string of the molecule is CC(C)(C)c1ccc2c(c1)c1cc(C(C)(C)C)ccc1n2-c1ccc(C#Cc2ccc(C=O)cc2)cc1. The molecule has 0 saturated heterocycles. The molecule has 5 rings (SSSR count). The van der Waals surface area contributed by atoms with Crippen molar-refractivity contribution >= 4 is 28.1 Å². The molecule has 1 aromatic heterocycles. The van der Waals surface area contributed by atoms with Gasteiger partial charge in [0.25, 0.3) is 0 Å². The van der Waals surface area contributed by atoms with Crippen molar-refractivity contribution < 1.29 is 4.79 Å². The third-order valence-corrected chi connectivity index (χ3v) is 7.02. The Labute approximate surface area is 220 Å². The van der Waals surface area contributed by atoms with Gasteiger partial charge >= 0.3 is 0 Å². The van der Waals surface area contributed by atoms with Gasteiger partial charge < -0.3 is 4.57 Å². The first kappa shape index (κ1) is 24.6. The van der Waals surface area contributed by atoms with E-state index in [2.05, 4.69) is 119 Å². The third-order valence-electron chi connectivity index (χ3n) is 7.02. The number of carbonyl (C=O) groups is 1. The van der Waals surface area contributed by atoms with Gasteiger partial charge in [0.2, 0.25) is 0 Å². The van der Waals surface area contributed by atoms with Crippen LogP contribution in [0.2, 0.25) is 0 Å². The standard InChI is InChI=1S/C35H33NO/c1-34(2,3)27-15-19-32-30(21-27)31-22-28(35(4,5)6)16-20-33(31)36(32)29-17-13-25(14-18-29)8-7-24-9-11-26(23-37)12-10-24/h9-23H,1-6H3. The second kappa shape index (κ2) is 9.09. The topological polar surface area (TPSA) is 22.0 Å². The molecule has 0 aliphatic rings. The number of hydrogen-bond donors (Lipinski definition) is 0. The van der Waals surface area contributed by atoms with Crippen LogP contribution in [0.1, 0.15) is 74.2 Å². The van der Waals surface area contributed by atoms with E-state index in [4.69, 9.17) is 0 Å². The molecule has 184 valence electrons. The molecule has 2 heteroatoms. The lowest BCUT2D eigenvalue weighted by atomic mass is 9.85. The summed E-state index contributed by atoms with van der Waals surface area (Å²) in [5.74, 6) is 6.44. The van der Waals surface area contributed by atoms with Crippen molar-refractivity contribution in [2.24, 2.45) is 0 Å². The minimum atomic E-state index is 0.0815.